The van der Waals surface area contributed by atoms with E-state index in [0.29, 0.717) is 55.7 Å². The Labute approximate surface area is 217 Å². The third kappa shape index (κ3) is 5.24. The molecule has 8 nitrogen and oxygen atoms in total. The van der Waals surface area contributed by atoms with Crippen molar-refractivity contribution in [3.8, 4) is 11.1 Å². The van der Waals surface area contributed by atoms with Gasteiger partial charge in [-0.15, -0.1) is 0 Å². The Bertz CT molecular complexity index is 1430. The smallest absolute Gasteiger partial charge is 0.330 e. The van der Waals surface area contributed by atoms with Crippen LogP contribution in [0.3, 0.4) is 0 Å². The lowest BCUT2D eigenvalue weighted by atomic mass is 10.0. The number of hydrogen-bond acceptors (Lipinski definition) is 6. The zero-order valence-corrected chi connectivity index (χ0v) is 21.7. The maximum atomic E-state index is 14.2. The summed E-state index contributed by atoms with van der Waals surface area (Å²) in [5, 5.41) is 10.0. The van der Waals surface area contributed by atoms with E-state index >= 15 is 0 Å². The number of aliphatic hydroxyl groups is 1. The van der Waals surface area contributed by atoms with E-state index in [4.69, 9.17) is 0 Å². The fraction of sp³-hybridized carbons (Fsp3) is 0.360. The molecule has 0 spiro atoms. The van der Waals surface area contributed by atoms with Crippen LogP contribution < -0.4 is 14.5 Å². The fourth-order valence-electron chi connectivity index (χ4n) is 4.75. The maximum Gasteiger partial charge on any atom is 0.330 e. The van der Waals surface area contributed by atoms with Gasteiger partial charge < -0.3 is 5.11 Å². The Morgan fingerprint density at radius 1 is 1.08 bits per heavy atom. The van der Waals surface area contributed by atoms with E-state index < -0.39 is 27.8 Å². The molecule has 196 valence electrons. The normalized spacial score (nSPS) is 20.6. The van der Waals surface area contributed by atoms with Gasteiger partial charge >= 0.3 is 6.03 Å². The van der Waals surface area contributed by atoms with Gasteiger partial charge in [-0.2, -0.15) is 0 Å². The predicted octanol–water partition coefficient (Wildman–Crippen LogP) is 4.43. The fourth-order valence-corrected chi connectivity index (χ4v) is 7.57. The molecule has 3 aromatic rings. The SMILES string of the molecule is Cc1nc(N2CCCN(c3ccc(-c4cc(F)ccc4F)cc3)C2=O)sc1S(=O)(=O)N[C@@H]1CC[C@@H](O)C1. The second kappa shape index (κ2) is 10.1. The molecule has 2 N–H and O–H groups in total. The Hall–Kier alpha value is -2.93. The number of halogens is 2. The maximum absolute atomic E-state index is 14.2. The molecule has 2 heterocycles. The molecule has 2 aliphatic rings. The van der Waals surface area contributed by atoms with E-state index in [-0.39, 0.29) is 27.0 Å². The quantitative estimate of drug-likeness (QED) is 0.475. The number of nitrogens with one attached hydrogen (secondary N) is 1. The van der Waals surface area contributed by atoms with Gasteiger partial charge in [0.05, 0.1) is 11.8 Å². The summed E-state index contributed by atoms with van der Waals surface area (Å²) in [4.78, 5) is 20.8. The van der Waals surface area contributed by atoms with Crippen LogP contribution in [0, 0.1) is 18.6 Å². The number of nitrogens with zero attached hydrogens (tertiary/aromatic N) is 3. The lowest BCUT2D eigenvalue weighted by molar-refractivity contribution is 0.181. The average Bonchev–Trinajstić information content (AvgIpc) is 3.46. The highest BCUT2D eigenvalue weighted by atomic mass is 32.2. The van der Waals surface area contributed by atoms with Crippen molar-refractivity contribution >= 4 is 38.2 Å². The molecule has 1 aliphatic heterocycles. The van der Waals surface area contributed by atoms with Gasteiger partial charge in [0.1, 0.15) is 11.6 Å². The molecular weight excluding hydrogens is 522 g/mol. The summed E-state index contributed by atoms with van der Waals surface area (Å²) < 4.78 is 56.4. The van der Waals surface area contributed by atoms with E-state index in [2.05, 4.69) is 9.71 Å². The van der Waals surface area contributed by atoms with Crippen molar-refractivity contribution in [3.63, 3.8) is 0 Å². The second-order valence-corrected chi connectivity index (χ2v) is 12.2. The number of benzene rings is 2. The van der Waals surface area contributed by atoms with Crippen molar-refractivity contribution < 1.29 is 27.1 Å². The Kier molecular flexibility index (Phi) is 7.01. The minimum atomic E-state index is -3.85. The number of aromatic nitrogens is 1. The second-order valence-electron chi connectivity index (χ2n) is 9.26. The molecule has 0 bridgehead atoms. The Balaban J connectivity index is 1.35. The first-order valence-corrected chi connectivity index (χ1v) is 14.2. The van der Waals surface area contributed by atoms with Crippen LogP contribution in [0.4, 0.5) is 24.4 Å². The van der Waals surface area contributed by atoms with Crippen molar-refractivity contribution in [1.29, 1.82) is 0 Å². The summed E-state index contributed by atoms with van der Waals surface area (Å²) >= 11 is 0.938. The molecule has 2 fully saturated rings. The topological polar surface area (TPSA) is 103 Å². The number of anilines is 2. The zero-order valence-electron chi connectivity index (χ0n) is 20.0. The summed E-state index contributed by atoms with van der Waals surface area (Å²) in [6, 6.07) is 9.17. The molecular formula is C25H26F2N4O4S2. The van der Waals surface area contributed by atoms with Crippen LogP contribution in [0.2, 0.25) is 0 Å². The number of rotatable bonds is 6. The van der Waals surface area contributed by atoms with Gasteiger partial charge in [-0.25, -0.2) is 31.7 Å². The molecule has 1 saturated carbocycles. The standard InChI is InChI=1S/C25H26F2N4O4S2/c1-15-23(37(34,35)29-18-6-9-20(32)14-18)36-24(28-15)31-12-2-11-30(25(31)33)19-7-3-16(4-8-19)21-13-17(26)5-10-22(21)27/h3-5,7-8,10,13,18,20,29,32H,2,6,9,11-12,14H2,1H3/t18-,20-/m1/s1. The third-order valence-corrected chi connectivity index (χ3v) is 9.90. The molecule has 2 aromatic carbocycles. The van der Waals surface area contributed by atoms with E-state index in [0.717, 1.165) is 29.5 Å². The molecule has 2 atom stereocenters. The number of aryl methyl sites for hydroxylation is 1. The van der Waals surface area contributed by atoms with Crippen LogP contribution in [0.5, 0.6) is 0 Å². The number of amides is 2. The lowest BCUT2D eigenvalue weighted by Crippen LogP contribution is -2.49. The largest absolute Gasteiger partial charge is 0.393 e. The summed E-state index contributed by atoms with van der Waals surface area (Å²) in [6.07, 6.45) is 1.61. The summed E-state index contributed by atoms with van der Waals surface area (Å²) in [5.41, 5.74) is 1.50. The van der Waals surface area contributed by atoms with E-state index in [9.17, 15) is 27.1 Å². The number of urea groups is 1. The van der Waals surface area contributed by atoms with Crippen molar-refractivity contribution in [2.24, 2.45) is 0 Å². The lowest BCUT2D eigenvalue weighted by Gasteiger charge is -2.34. The van der Waals surface area contributed by atoms with Crippen LogP contribution in [0.15, 0.2) is 46.7 Å². The highest BCUT2D eigenvalue weighted by molar-refractivity contribution is 7.91. The monoisotopic (exact) mass is 548 g/mol. The Morgan fingerprint density at radius 3 is 2.51 bits per heavy atom. The van der Waals surface area contributed by atoms with Gasteiger partial charge in [-0.3, -0.25) is 9.80 Å². The molecule has 1 aliphatic carbocycles. The van der Waals surface area contributed by atoms with Gasteiger partial charge in [-0.1, -0.05) is 23.5 Å². The van der Waals surface area contributed by atoms with Crippen molar-refractivity contribution in [3.05, 3.63) is 59.8 Å². The minimum Gasteiger partial charge on any atom is -0.393 e. The van der Waals surface area contributed by atoms with Gasteiger partial charge in [0.2, 0.25) is 0 Å². The molecule has 1 aromatic heterocycles. The first kappa shape index (κ1) is 25.7. The predicted molar refractivity (Wildman–Crippen MR) is 137 cm³/mol. The number of sulfonamides is 1. The van der Waals surface area contributed by atoms with Crippen LogP contribution in [-0.4, -0.2) is 49.8 Å². The summed E-state index contributed by atoms with van der Waals surface area (Å²) in [6.45, 7) is 2.43. The molecule has 0 unspecified atom stereocenters. The molecule has 1 saturated heterocycles. The van der Waals surface area contributed by atoms with Crippen LogP contribution in [0.1, 0.15) is 31.4 Å². The van der Waals surface area contributed by atoms with Crippen LogP contribution in [0.25, 0.3) is 11.1 Å². The highest BCUT2D eigenvalue weighted by Crippen LogP contribution is 2.34. The van der Waals surface area contributed by atoms with Crippen molar-refractivity contribution in [1.82, 2.24) is 9.71 Å². The highest BCUT2D eigenvalue weighted by Gasteiger charge is 2.34. The number of carbonyl (C=O) groups excluding carboxylic acids is 1. The zero-order chi connectivity index (χ0) is 26.3. The van der Waals surface area contributed by atoms with Crippen molar-refractivity contribution in [2.45, 2.75) is 49.0 Å². The number of aliphatic hydroxyl groups excluding tert-OH is 1. The number of hydrogen-bond donors (Lipinski definition) is 2. The molecule has 5 rings (SSSR count). The molecule has 0 radical (unpaired) electrons. The first-order chi connectivity index (χ1) is 17.6. The van der Waals surface area contributed by atoms with Crippen LogP contribution in [-0.2, 0) is 10.0 Å². The number of thiazole rings is 1. The van der Waals surface area contributed by atoms with Gasteiger partial charge in [0.15, 0.2) is 9.34 Å². The van der Waals surface area contributed by atoms with Gasteiger partial charge in [0.25, 0.3) is 10.0 Å². The van der Waals surface area contributed by atoms with Crippen molar-refractivity contribution in [2.75, 3.05) is 22.9 Å². The van der Waals surface area contributed by atoms with Crippen LogP contribution >= 0.6 is 11.3 Å². The summed E-state index contributed by atoms with van der Waals surface area (Å²) in [5.74, 6) is -1.09. The number of carbonyl (C=O) groups is 1. The van der Waals surface area contributed by atoms with Gasteiger partial charge in [0, 0.05) is 30.4 Å². The van der Waals surface area contributed by atoms with E-state index in [1.165, 1.54) is 4.90 Å². The van der Waals surface area contributed by atoms with E-state index in [1.807, 2.05) is 0 Å². The third-order valence-electron chi connectivity index (χ3n) is 6.59. The summed E-state index contributed by atoms with van der Waals surface area (Å²) in [7, 11) is -3.85. The van der Waals surface area contributed by atoms with Gasteiger partial charge in [-0.05, 0) is 68.5 Å². The minimum absolute atomic E-state index is 0.0512. The molecule has 37 heavy (non-hydrogen) atoms. The average molecular weight is 549 g/mol. The van der Waals surface area contributed by atoms with E-state index in [1.54, 1.807) is 36.1 Å². The molecule has 2 amide bonds. The Morgan fingerprint density at radius 2 is 1.81 bits per heavy atom. The molecule has 12 heteroatoms. The first-order valence-electron chi connectivity index (χ1n) is 11.9.